The number of hydrogen-bond acceptors (Lipinski definition) is 4. The summed E-state index contributed by atoms with van der Waals surface area (Å²) in [5.74, 6) is 0.0902. The maximum atomic E-state index is 14.5. The van der Waals surface area contributed by atoms with Gasteiger partial charge in [-0.1, -0.05) is 66.7 Å². The lowest BCUT2D eigenvalue weighted by molar-refractivity contribution is -0.123. The van der Waals surface area contributed by atoms with Gasteiger partial charge < -0.3 is 15.0 Å². The number of aryl methyl sites for hydroxylation is 2. The molecule has 1 atom stereocenters. The van der Waals surface area contributed by atoms with Crippen LogP contribution in [0, 0.1) is 19.7 Å². The number of hydrogen-bond donors (Lipinski definition) is 1. The van der Waals surface area contributed by atoms with E-state index in [4.69, 9.17) is 4.74 Å². The van der Waals surface area contributed by atoms with E-state index in [9.17, 15) is 14.0 Å². The van der Waals surface area contributed by atoms with Gasteiger partial charge in [-0.05, 0) is 97.1 Å². The molecule has 1 N–H and O–H groups in total. The molecule has 232 valence electrons. The van der Waals surface area contributed by atoms with Gasteiger partial charge >= 0.3 is 0 Å². The van der Waals surface area contributed by atoms with Crippen LogP contribution < -0.4 is 19.9 Å². The van der Waals surface area contributed by atoms with Crippen LogP contribution in [0.3, 0.4) is 0 Å². The van der Waals surface area contributed by atoms with Crippen LogP contribution >= 0.6 is 0 Å². The van der Waals surface area contributed by atoms with Crippen molar-refractivity contribution in [3.8, 4) is 11.5 Å². The van der Waals surface area contributed by atoms with Crippen LogP contribution in [0.15, 0.2) is 121 Å². The summed E-state index contributed by atoms with van der Waals surface area (Å²) in [4.78, 5) is 32.5. The summed E-state index contributed by atoms with van der Waals surface area (Å²) in [6.07, 6.45) is 1.07. The largest absolute Gasteiger partial charge is 0.457 e. The number of ether oxygens (including phenoxy) is 1. The number of halogens is 1. The van der Waals surface area contributed by atoms with Gasteiger partial charge in [-0.2, -0.15) is 0 Å². The molecule has 0 aromatic heterocycles. The molecule has 0 aliphatic carbocycles. The molecule has 0 saturated heterocycles. The van der Waals surface area contributed by atoms with E-state index in [1.54, 1.807) is 24.3 Å². The van der Waals surface area contributed by atoms with E-state index in [0.29, 0.717) is 35.0 Å². The molecule has 0 bridgehead atoms. The number of fused-ring (bicyclic) bond motifs is 1. The molecule has 46 heavy (non-hydrogen) atoms. The van der Waals surface area contributed by atoms with Gasteiger partial charge in [-0.15, -0.1) is 0 Å². The van der Waals surface area contributed by atoms with Crippen molar-refractivity contribution in [3.05, 3.63) is 149 Å². The standard InChI is InChI=1S/C39H36FN3O3/c1-27-10-8-11-28(2)37(27)41-39(45)38(30-13-9-16-34(26-30)46-33-14-4-3-5-15-33)43(32-20-18-31(40)19-21-32)36(44)23-25-42-24-22-29-12-6-7-17-35(29)42/h3-21,26,38H,22-25H2,1-2H3,(H,41,45)/t38-/m0/s1. The molecule has 1 aliphatic rings. The third-order valence-electron chi connectivity index (χ3n) is 8.34. The van der Waals surface area contributed by atoms with Crippen molar-refractivity contribution >= 4 is 28.9 Å². The van der Waals surface area contributed by atoms with Gasteiger partial charge in [0.05, 0.1) is 0 Å². The fourth-order valence-electron chi connectivity index (χ4n) is 6.02. The predicted molar refractivity (Wildman–Crippen MR) is 181 cm³/mol. The minimum atomic E-state index is -1.08. The molecule has 7 heteroatoms. The zero-order valence-electron chi connectivity index (χ0n) is 25.9. The number of nitrogens with zero attached hydrogens (tertiary/aromatic N) is 2. The van der Waals surface area contributed by atoms with Gasteiger partial charge in [0, 0.05) is 36.6 Å². The molecule has 0 spiro atoms. The van der Waals surface area contributed by atoms with Gasteiger partial charge in [0.15, 0.2) is 0 Å². The number of nitrogens with one attached hydrogen (secondary N) is 1. The summed E-state index contributed by atoms with van der Waals surface area (Å²) >= 11 is 0. The Morgan fingerprint density at radius 2 is 1.50 bits per heavy atom. The summed E-state index contributed by atoms with van der Waals surface area (Å²) < 4.78 is 20.3. The van der Waals surface area contributed by atoms with Crippen molar-refractivity contribution < 1.29 is 18.7 Å². The molecular weight excluding hydrogens is 577 g/mol. The second-order valence-electron chi connectivity index (χ2n) is 11.5. The highest BCUT2D eigenvalue weighted by molar-refractivity contribution is 6.06. The fraction of sp³-hybridized carbons (Fsp3) is 0.179. The van der Waals surface area contributed by atoms with E-state index in [-0.39, 0.29) is 12.3 Å². The van der Waals surface area contributed by atoms with E-state index < -0.39 is 17.8 Å². The SMILES string of the molecule is Cc1cccc(C)c1NC(=O)[C@H](c1cccc(Oc2ccccc2)c1)N(C(=O)CCN1CCc2ccccc21)c1ccc(F)cc1. The van der Waals surface area contributed by atoms with Crippen molar-refractivity contribution in [2.75, 3.05) is 28.2 Å². The second-order valence-corrected chi connectivity index (χ2v) is 11.5. The Kier molecular flexibility index (Phi) is 9.10. The molecule has 6 rings (SSSR count). The molecule has 1 aliphatic heterocycles. The Bertz CT molecular complexity index is 1820. The quantitative estimate of drug-likeness (QED) is 0.172. The average Bonchev–Trinajstić information content (AvgIpc) is 3.48. The number of para-hydroxylation sites is 3. The van der Waals surface area contributed by atoms with Gasteiger partial charge in [0.2, 0.25) is 5.91 Å². The predicted octanol–water partition coefficient (Wildman–Crippen LogP) is 8.40. The first kappa shape index (κ1) is 30.6. The van der Waals surface area contributed by atoms with Crippen LogP contribution in [-0.4, -0.2) is 24.9 Å². The number of amides is 2. The lowest BCUT2D eigenvalue weighted by atomic mass is 10.0. The van der Waals surface area contributed by atoms with Crippen LogP contribution in [0.1, 0.15) is 34.7 Å². The fourth-order valence-corrected chi connectivity index (χ4v) is 6.02. The highest BCUT2D eigenvalue weighted by Crippen LogP contribution is 2.34. The third-order valence-corrected chi connectivity index (χ3v) is 8.34. The first-order valence-corrected chi connectivity index (χ1v) is 15.5. The third kappa shape index (κ3) is 6.79. The number of carbonyl (C=O) groups is 2. The minimum Gasteiger partial charge on any atom is -0.457 e. The zero-order chi connectivity index (χ0) is 32.0. The first-order valence-electron chi connectivity index (χ1n) is 15.5. The highest BCUT2D eigenvalue weighted by atomic mass is 19.1. The number of rotatable bonds is 10. The Morgan fingerprint density at radius 1 is 0.826 bits per heavy atom. The lowest BCUT2D eigenvalue weighted by Gasteiger charge is -2.33. The zero-order valence-corrected chi connectivity index (χ0v) is 25.9. The van der Waals surface area contributed by atoms with Crippen molar-refractivity contribution in [1.82, 2.24) is 0 Å². The molecule has 5 aromatic carbocycles. The molecule has 0 fully saturated rings. The van der Waals surface area contributed by atoms with E-state index in [0.717, 1.165) is 29.8 Å². The smallest absolute Gasteiger partial charge is 0.252 e. The van der Waals surface area contributed by atoms with Gasteiger partial charge in [0.25, 0.3) is 5.91 Å². The molecule has 0 saturated carbocycles. The molecule has 2 amide bonds. The normalized spacial score (nSPS) is 12.7. The Balaban J connectivity index is 1.39. The number of anilines is 3. The average molecular weight is 614 g/mol. The number of benzene rings is 5. The summed E-state index contributed by atoms with van der Waals surface area (Å²) in [5.41, 5.74) is 5.85. The van der Waals surface area contributed by atoms with Crippen LogP contribution in [0.5, 0.6) is 11.5 Å². The lowest BCUT2D eigenvalue weighted by Crippen LogP contribution is -2.43. The van der Waals surface area contributed by atoms with E-state index in [1.807, 2.05) is 86.6 Å². The molecule has 5 aromatic rings. The second kappa shape index (κ2) is 13.7. The van der Waals surface area contributed by atoms with Crippen molar-refractivity contribution in [2.45, 2.75) is 32.7 Å². The number of carbonyl (C=O) groups excluding carboxylic acids is 2. The maximum Gasteiger partial charge on any atom is 0.252 e. The van der Waals surface area contributed by atoms with Crippen molar-refractivity contribution in [2.24, 2.45) is 0 Å². The molecule has 6 nitrogen and oxygen atoms in total. The summed E-state index contributed by atoms with van der Waals surface area (Å²) in [6.45, 7) is 5.17. The molecule has 1 heterocycles. The maximum absolute atomic E-state index is 14.5. The van der Waals surface area contributed by atoms with Crippen molar-refractivity contribution in [3.63, 3.8) is 0 Å². The molecule has 0 unspecified atom stereocenters. The van der Waals surface area contributed by atoms with Crippen LogP contribution in [0.2, 0.25) is 0 Å². The molecular formula is C39H36FN3O3. The van der Waals surface area contributed by atoms with E-state index in [2.05, 4.69) is 22.3 Å². The monoisotopic (exact) mass is 613 g/mol. The van der Waals surface area contributed by atoms with Crippen molar-refractivity contribution in [1.29, 1.82) is 0 Å². The van der Waals surface area contributed by atoms with E-state index in [1.165, 1.54) is 22.6 Å². The first-order chi connectivity index (χ1) is 22.4. The Labute approximate surface area is 269 Å². The van der Waals surface area contributed by atoms with E-state index >= 15 is 0 Å². The summed E-state index contributed by atoms with van der Waals surface area (Å²) in [7, 11) is 0. The van der Waals surface area contributed by atoms with Crippen LogP contribution in [0.4, 0.5) is 21.5 Å². The Morgan fingerprint density at radius 3 is 2.26 bits per heavy atom. The topological polar surface area (TPSA) is 61.9 Å². The summed E-state index contributed by atoms with van der Waals surface area (Å²) in [6, 6.07) is 35.2. The van der Waals surface area contributed by atoms with Gasteiger partial charge in [-0.3, -0.25) is 14.5 Å². The molecule has 0 radical (unpaired) electrons. The van der Waals surface area contributed by atoms with Crippen LogP contribution in [0.25, 0.3) is 0 Å². The minimum absolute atomic E-state index is 0.152. The highest BCUT2D eigenvalue weighted by Gasteiger charge is 2.34. The summed E-state index contributed by atoms with van der Waals surface area (Å²) in [5, 5.41) is 3.11. The van der Waals surface area contributed by atoms with Crippen LogP contribution in [-0.2, 0) is 16.0 Å². The van der Waals surface area contributed by atoms with Gasteiger partial charge in [0.1, 0.15) is 23.4 Å². The van der Waals surface area contributed by atoms with Gasteiger partial charge in [-0.25, -0.2) is 4.39 Å². The Hall–Kier alpha value is -5.43.